The fourth-order valence-corrected chi connectivity index (χ4v) is 3.05. The van der Waals surface area contributed by atoms with E-state index in [1.54, 1.807) is 6.07 Å². The lowest BCUT2D eigenvalue weighted by Crippen LogP contribution is -1.93. The summed E-state index contributed by atoms with van der Waals surface area (Å²) in [5.74, 6) is -0.263. The lowest BCUT2D eigenvalue weighted by molar-refractivity contribution is -0.137. The van der Waals surface area contributed by atoms with Crippen LogP contribution in [0.2, 0.25) is 0 Å². The van der Waals surface area contributed by atoms with Gasteiger partial charge in [-0.3, -0.25) is 4.79 Å². The molecular weight excluding hydrogens is 336 g/mol. The quantitative estimate of drug-likeness (QED) is 0.247. The largest absolute Gasteiger partial charge is 0.508 e. The monoisotopic (exact) mass is 372 g/mol. The van der Waals surface area contributed by atoms with Crippen LogP contribution in [0.15, 0.2) is 48.6 Å². The number of hydrogen-bond acceptors (Lipinski definition) is 2. The first-order chi connectivity index (χ1) is 13.2. The van der Waals surface area contributed by atoms with Crippen molar-refractivity contribution in [2.45, 2.75) is 83.5 Å². The average molecular weight is 373 g/mol. The maximum atomic E-state index is 10.4. The van der Waals surface area contributed by atoms with Crippen LogP contribution in [-0.4, -0.2) is 16.2 Å². The van der Waals surface area contributed by atoms with Gasteiger partial charge in [-0.15, -0.1) is 0 Å². The summed E-state index contributed by atoms with van der Waals surface area (Å²) in [7, 11) is 0. The first-order valence-corrected chi connectivity index (χ1v) is 10.5. The molecule has 150 valence electrons. The van der Waals surface area contributed by atoms with Gasteiger partial charge in [0.25, 0.3) is 0 Å². The van der Waals surface area contributed by atoms with Crippen LogP contribution >= 0.6 is 0 Å². The Morgan fingerprint density at radius 3 is 2.04 bits per heavy atom. The number of carbonyl (C=O) groups is 1. The molecule has 0 spiro atoms. The third-order valence-electron chi connectivity index (χ3n) is 4.68. The molecule has 1 rings (SSSR count). The number of para-hydroxylation sites is 1. The van der Waals surface area contributed by atoms with Crippen LogP contribution in [0.25, 0.3) is 0 Å². The molecule has 0 saturated carbocycles. The zero-order chi connectivity index (χ0) is 19.6. The highest BCUT2D eigenvalue weighted by Crippen LogP contribution is 2.18. The summed E-state index contributed by atoms with van der Waals surface area (Å²) in [5.41, 5.74) is 1.05. The first kappa shape index (κ1) is 23.0. The number of phenols is 1. The molecule has 0 bridgehead atoms. The van der Waals surface area contributed by atoms with Crippen LogP contribution in [0.1, 0.15) is 82.6 Å². The van der Waals surface area contributed by atoms with Crippen molar-refractivity contribution in [3.8, 4) is 5.75 Å². The molecule has 0 aliphatic heterocycles. The van der Waals surface area contributed by atoms with Crippen molar-refractivity contribution >= 4 is 5.97 Å². The van der Waals surface area contributed by atoms with Gasteiger partial charge in [-0.25, -0.2) is 0 Å². The summed E-state index contributed by atoms with van der Waals surface area (Å²) < 4.78 is 0. The van der Waals surface area contributed by atoms with Gasteiger partial charge in [0, 0.05) is 6.42 Å². The molecule has 27 heavy (non-hydrogen) atoms. The van der Waals surface area contributed by atoms with E-state index in [2.05, 4.69) is 24.3 Å². The normalized spacial score (nSPS) is 11.6. The number of aliphatic carboxylic acids is 1. The van der Waals surface area contributed by atoms with E-state index in [0.717, 1.165) is 56.9 Å². The molecule has 1 aromatic rings. The molecule has 2 N–H and O–H groups in total. The minimum Gasteiger partial charge on any atom is -0.508 e. The highest BCUT2D eigenvalue weighted by Gasteiger charge is 1.98. The molecule has 0 atom stereocenters. The Morgan fingerprint density at radius 2 is 1.37 bits per heavy atom. The lowest BCUT2D eigenvalue weighted by atomic mass is 10.1. The minimum absolute atomic E-state index is 0.308. The number of carboxylic acids is 1. The van der Waals surface area contributed by atoms with Gasteiger partial charge in [0.05, 0.1) is 0 Å². The highest BCUT2D eigenvalue weighted by atomic mass is 16.4. The van der Waals surface area contributed by atoms with Gasteiger partial charge < -0.3 is 10.2 Å². The van der Waals surface area contributed by atoms with Gasteiger partial charge in [0.1, 0.15) is 5.75 Å². The van der Waals surface area contributed by atoms with Gasteiger partial charge in [-0.05, 0) is 63.0 Å². The Balaban J connectivity index is 1.86. The van der Waals surface area contributed by atoms with E-state index in [-0.39, 0.29) is 0 Å². The van der Waals surface area contributed by atoms with Crippen molar-refractivity contribution in [2.24, 2.45) is 0 Å². The number of aryl methyl sites for hydroxylation is 1. The number of unbranched alkanes of at least 4 members (excludes halogenated alkanes) is 8. The van der Waals surface area contributed by atoms with E-state index in [0.29, 0.717) is 12.2 Å². The van der Waals surface area contributed by atoms with Crippen molar-refractivity contribution < 1.29 is 15.0 Å². The molecule has 0 unspecified atom stereocenters. The molecule has 0 aliphatic carbocycles. The molecule has 3 nitrogen and oxygen atoms in total. The fraction of sp³-hybridized carbons (Fsp3) is 0.542. The molecule has 3 heteroatoms. The molecule has 0 aliphatic rings. The number of aromatic hydroxyl groups is 1. The predicted molar refractivity (Wildman–Crippen MR) is 113 cm³/mol. The van der Waals surface area contributed by atoms with Gasteiger partial charge in [-0.2, -0.15) is 0 Å². The van der Waals surface area contributed by atoms with Crippen molar-refractivity contribution in [2.75, 3.05) is 0 Å². The Kier molecular flexibility index (Phi) is 13.8. The Hall–Kier alpha value is -2.03. The van der Waals surface area contributed by atoms with E-state index in [9.17, 15) is 9.90 Å². The van der Waals surface area contributed by atoms with Crippen LogP contribution < -0.4 is 0 Å². The Morgan fingerprint density at radius 1 is 0.778 bits per heavy atom. The third kappa shape index (κ3) is 13.8. The molecule has 0 radical (unpaired) electrons. The van der Waals surface area contributed by atoms with Crippen molar-refractivity contribution in [3.05, 3.63) is 54.1 Å². The fourth-order valence-electron chi connectivity index (χ4n) is 3.05. The molecular formula is C24H36O3. The third-order valence-corrected chi connectivity index (χ3v) is 4.68. The van der Waals surface area contributed by atoms with E-state index >= 15 is 0 Å². The number of benzene rings is 1. The maximum absolute atomic E-state index is 10.4. The van der Waals surface area contributed by atoms with Crippen LogP contribution in [0, 0.1) is 0 Å². The van der Waals surface area contributed by atoms with Gasteiger partial charge in [-0.1, -0.05) is 68.2 Å². The minimum atomic E-state index is -0.682. The van der Waals surface area contributed by atoms with Crippen molar-refractivity contribution in [1.82, 2.24) is 0 Å². The van der Waals surface area contributed by atoms with Gasteiger partial charge >= 0.3 is 5.97 Å². The molecule has 0 aromatic heterocycles. The topological polar surface area (TPSA) is 57.5 Å². The van der Waals surface area contributed by atoms with Gasteiger partial charge in [0.15, 0.2) is 0 Å². The number of allylic oxidation sites excluding steroid dienone is 4. The predicted octanol–water partition coefficient (Wildman–Crippen LogP) is 6.81. The summed E-state index contributed by atoms with van der Waals surface area (Å²) in [6, 6.07) is 7.60. The van der Waals surface area contributed by atoms with E-state index in [1.807, 2.05) is 18.2 Å². The average Bonchev–Trinajstić information content (AvgIpc) is 2.65. The zero-order valence-corrected chi connectivity index (χ0v) is 16.6. The molecule has 1 aromatic carbocycles. The van der Waals surface area contributed by atoms with Crippen LogP contribution in [0.4, 0.5) is 0 Å². The molecule has 0 heterocycles. The smallest absolute Gasteiger partial charge is 0.303 e. The van der Waals surface area contributed by atoms with Crippen LogP contribution in [0.3, 0.4) is 0 Å². The lowest BCUT2D eigenvalue weighted by Gasteiger charge is -2.03. The SMILES string of the molecule is O=C(O)CCCCCCC/C=C\C/C=C\CCCCCc1ccccc1O. The number of rotatable bonds is 16. The molecule has 0 saturated heterocycles. The number of phenolic OH excluding ortho intramolecular Hbond substituents is 1. The second kappa shape index (κ2) is 16.2. The molecule has 0 amide bonds. The second-order valence-electron chi connectivity index (χ2n) is 7.11. The van der Waals surface area contributed by atoms with Crippen molar-refractivity contribution in [1.29, 1.82) is 0 Å². The summed E-state index contributed by atoms with van der Waals surface area (Å²) in [5, 5.41) is 18.3. The number of carboxylic acid groups (broad SMARTS) is 1. The van der Waals surface area contributed by atoms with Gasteiger partial charge in [0.2, 0.25) is 0 Å². The summed E-state index contributed by atoms with van der Waals surface area (Å²) >= 11 is 0. The maximum Gasteiger partial charge on any atom is 0.303 e. The standard InChI is InChI=1S/C24H36O3/c25-23-20-17-16-19-22(23)18-14-12-10-8-6-4-2-1-3-5-7-9-11-13-15-21-24(26)27/h1,3-4,6,16-17,19-20,25H,2,5,7-15,18,21H2,(H,26,27)/b3-1-,6-4-. The summed E-state index contributed by atoms with van der Waals surface area (Å²) in [6.45, 7) is 0. The zero-order valence-electron chi connectivity index (χ0n) is 16.6. The first-order valence-electron chi connectivity index (χ1n) is 10.5. The van der Waals surface area contributed by atoms with E-state index in [1.165, 1.54) is 25.7 Å². The van der Waals surface area contributed by atoms with Crippen LogP contribution in [-0.2, 0) is 11.2 Å². The Labute approximate surface area is 164 Å². The van der Waals surface area contributed by atoms with Crippen LogP contribution in [0.5, 0.6) is 5.75 Å². The second-order valence-corrected chi connectivity index (χ2v) is 7.11. The highest BCUT2D eigenvalue weighted by molar-refractivity contribution is 5.66. The summed E-state index contributed by atoms with van der Waals surface area (Å²) in [6.07, 6.45) is 22.4. The van der Waals surface area contributed by atoms with E-state index in [4.69, 9.17) is 5.11 Å². The Bertz CT molecular complexity index is 560. The summed E-state index contributed by atoms with van der Waals surface area (Å²) in [4.78, 5) is 10.4. The molecule has 0 fully saturated rings. The van der Waals surface area contributed by atoms with Crippen molar-refractivity contribution in [3.63, 3.8) is 0 Å². The number of hydrogen-bond donors (Lipinski definition) is 2. The van der Waals surface area contributed by atoms with E-state index < -0.39 is 5.97 Å².